The lowest BCUT2D eigenvalue weighted by Gasteiger charge is -2.00. The van der Waals surface area contributed by atoms with Gasteiger partial charge in [-0.15, -0.1) is 11.3 Å². The van der Waals surface area contributed by atoms with Crippen molar-refractivity contribution < 1.29 is 4.79 Å². The molecule has 12 heavy (non-hydrogen) atoms. The molecule has 0 radical (unpaired) electrons. The van der Waals surface area contributed by atoms with Gasteiger partial charge >= 0.3 is 0 Å². The first-order valence-corrected chi connectivity index (χ1v) is 4.67. The minimum atomic E-state index is -0.382. The predicted octanol–water partition coefficient (Wildman–Crippen LogP) is 0.910. The Morgan fingerprint density at radius 2 is 2.50 bits per heavy atom. The van der Waals surface area contributed by atoms with E-state index in [1.54, 1.807) is 18.3 Å². The molecule has 0 fully saturated rings. The van der Waals surface area contributed by atoms with Gasteiger partial charge in [0.05, 0.1) is 23.2 Å². The number of nitrogens with zero attached hydrogens (tertiary/aromatic N) is 1. The number of aryl methyl sites for hydroxylation is 1. The van der Waals surface area contributed by atoms with Gasteiger partial charge in [-0.05, 0) is 13.8 Å². The lowest BCUT2D eigenvalue weighted by molar-refractivity contribution is -0.119. The number of Topliss-reactive ketones (excluding diaryl/α,β-unsaturated/α-hetero) is 1. The molecule has 4 heteroatoms. The van der Waals surface area contributed by atoms with Crippen LogP contribution in [0.4, 0.5) is 0 Å². The van der Waals surface area contributed by atoms with Gasteiger partial charge in [0, 0.05) is 5.38 Å². The van der Waals surface area contributed by atoms with Crippen molar-refractivity contribution >= 4 is 17.1 Å². The summed E-state index contributed by atoms with van der Waals surface area (Å²) in [6.07, 6.45) is 0.363. The summed E-state index contributed by atoms with van der Waals surface area (Å²) in [6, 6.07) is -0.382. The standard InChI is InChI=1S/C8H12N2OS/c1-5(9)8(11)3-7-4-12-6(2)10-7/h4-5H,3,9H2,1-2H3. The molecule has 1 atom stereocenters. The fourth-order valence-electron chi connectivity index (χ4n) is 0.829. The summed E-state index contributed by atoms with van der Waals surface area (Å²) in [5.74, 6) is 0.0419. The van der Waals surface area contributed by atoms with Crippen molar-refractivity contribution in [3.05, 3.63) is 16.1 Å². The molecule has 0 aliphatic carbocycles. The molecule has 1 aromatic heterocycles. The molecule has 0 saturated heterocycles. The van der Waals surface area contributed by atoms with Crippen molar-refractivity contribution in [2.75, 3.05) is 0 Å². The number of carbonyl (C=O) groups excluding carboxylic acids is 1. The van der Waals surface area contributed by atoms with E-state index in [2.05, 4.69) is 4.98 Å². The molecule has 0 amide bonds. The molecule has 1 rings (SSSR count). The van der Waals surface area contributed by atoms with Crippen molar-refractivity contribution in [2.24, 2.45) is 5.73 Å². The largest absolute Gasteiger partial charge is 0.322 e. The van der Waals surface area contributed by atoms with Crippen molar-refractivity contribution in [1.29, 1.82) is 0 Å². The second kappa shape index (κ2) is 3.78. The van der Waals surface area contributed by atoms with E-state index in [0.29, 0.717) is 6.42 Å². The SMILES string of the molecule is Cc1nc(CC(=O)C(C)N)cs1. The van der Waals surface area contributed by atoms with Gasteiger partial charge in [0.2, 0.25) is 0 Å². The van der Waals surface area contributed by atoms with Crippen molar-refractivity contribution in [1.82, 2.24) is 4.98 Å². The van der Waals surface area contributed by atoms with Crippen LogP contribution in [0, 0.1) is 6.92 Å². The third kappa shape index (κ3) is 2.39. The molecule has 66 valence electrons. The summed E-state index contributed by atoms with van der Waals surface area (Å²) < 4.78 is 0. The summed E-state index contributed by atoms with van der Waals surface area (Å²) in [7, 11) is 0. The Labute approximate surface area is 75.6 Å². The van der Waals surface area contributed by atoms with Gasteiger partial charge in [0.1, 0.15) is 0 Å². The lowest BCUT2D eigenvalue weighted by atomic mass is 10.1. The van der Waals surface area contributed by atoms with Crippen LogP contribution in [0.5, 0.6) is 0 Å². The number of aromatic nitrogens is 1. The van der Waals surface area contributed by atoms with Crippen LogP contribution in [0.1, 0.15) is 17.6 Å². The van der Waals surface area contributed by atoms with Gasteiger partial charge in [-0.1, -0.05) is 0 Å². The van der Waals surface area contributed by atoms with Crippen LogP contribution in [0.15, 0.2) is 5.38 Å². The number of thiazole rings is 1. The molecule has 0 spiro atoms. The van der Waals surface area contributed by atoms with Gasteiger partial charge in [-0.25, -0.2) is 4.98 Å². The topological polar surface area (TPSA) is 56.0 Å². The Morgan fingerprint density at radius 3 is 2.92 bits per heavy atom. The number of carbonyl (C=O) groups is 1. The van der Waals surface area contributed by atoms with Gasteiger partial charge in [0.25, 0.3) is 0 Å². The summed E-state index contributed by atoms with van der Waals surface area (Å²) in [4.78, 5) is 15.3. The first-order valence-electron chi connectivity index (χ1n) is 3.79. The number of ketones is 1. The van der Waals surface area contributed by atoms with E-state index in [0.717, 1.165) is 10.7 Å². The fraction of sp³-hybridized carbons (Fsp3) is 0.500. The van der Waals surface area contributed by atoms with E-state index in [-0.39, 0.29) is 11.8 Å². The average molecular weight is 184 g/mol. The first kappa shape index (κ1) is 9.35. The van der Waals surface area contributed by atoms with E-state index < -0.39 is 0 Å². The molecule has 1 unspecified atom stereocenters. The van der Waals surface area contributed by atoms with Crippen LogP contribution in [0.2, 0.25) is 0 Å². The molecule has 2 N–H and O–H groups in total. The minimum absolute atomic E-state index is 0.0419. The van der Waals surface area contributed by atoms with Crippen molar-refractivity contribution in [3.8, 4) is 0 Å². The van der Waals surface area contributed by atoms with Crippen LogP contribution < -0.4 is 5.73 Å². The molecule has 0 saturated carbocycles. The average Bonchev–Trinajstić information content (AvgIpc) is 2.35. The highest BCUT2D eigenvalue weighted by atomic mass is 32.1. The third-order valence-corrected chi connectivity index (χ3v) is 2.35. The molecule has 1 aromatic rings. The summed E-state index contributed by atoms with van der Waals surface area (Å²) in [5, 5.41) is 2.89. The zero-order valence-corrected chi connectivity index (χ0v) is 8.02. The summed E-state index contributed by atoms with van der Waals surface area (Å²) >= 11 is 1.55. The number of hydrogen-bond acceptors (Lipinski definition) is 4. The van der Waals surface area contributed by atoms with Gasteiger partial charge in [-0.3, -0.25) is 4.79 Å². The normalized spacial score (nSPS) is 12.9. The summed E-state index contributed by atoms with van der Waals surface area (Å²) in [5.41, 5.74) is 6.25. The molecule has 0 aliphatic rings. The summed E-state index contributed by atoms with van der Waals surface area (Å²) in [6.45, 7) is 3.62. The maximum absolute atomic E-state index is 11.2. The number of rotatable bonds is 3. The quantitative estimate of drug-likeness (QED) is 0.759. The zero-order chi connectivity index (χ0) is 9.14. The Morgan fingerprint density at radius 1 is 1.83 bits per heavy atom. The maximum Gasteiger partial charge on any atom is 0.155 e. The van der Waals surface area contributed by atoms with E-state index in [4.69, 9.17) is 5.73 Å². The van der Waals surface area contributed by atoms with Crippen LogP contribution >= 0.6 is 11.3 Å². The second-order valence-corrected chi connectivity index (χ2v) is 3.85. The maximum atomic E-state index is 11.2. The molecule has 1 heterocycles. The van der Waals surface area contributed by atoms with Gasteiger partial charge in [-0.2, -0.15) is 0 Å². The van der Waals surface area contributed by atoms with E-state index in [1.807, 2.05) is 12.3 Å². The first-order chi connectivity index (χ1) is 5.59. The van der Waals surface area contributed by atoms with E-state index in [1.165, 1.54) is 0 Å². The molecule has 3 nitrogen and oxygen atoms in total. The van der Waals surface area contributed by atoms with Crippen LogP contribution in [0.25, 0.3) is 0 Å². The fourth-order valence-corrected chi connectivity index (χ4v) is 1.44. The number of hydrogen-bond donors (Lipinski definition) is 1. The Bertz CT molecular complexity index is 280. The van der Waals surface area contributed by atoms with Crippen LogP contribution in [-0.4, -0.2) is 16.8 Å². The molecule has 0 bridgehead atoms. The third-order valence-electron chi connectivity index (χ3n) is 1.53. The van der Waals surface area contributed by atoms with Gasteiger partial charge in [0.15, 0.2) is 5.78 Å². The highest BCUT2D eigenvalue weighted by molar-refractivity contribution is 7.09. The number of nitrogens with two attached hydrogens (primary N) is 1. The molecular formula is C8H12N2OS. The van der Waals surface area contributed by atoms with Crippen LogP contribution in [0.3, 0.4) is 0 Å². The monoisotopic (exact) mass is 184 g/mol. The highest BCUT2D eigenvalue weighted by Gasteiger charge is 2.09. The molecule has 0 aromatic carbocycles. The molecule has 0 aliphatic heterocycles. The Balaban J connectivity index is 2.58. The smallest absolute Gasteiger partial charge is 0.155 e. The van der Waals surface area contributed by atoms with Crippen LogP contribution in [-0.2, 0) is 11.2 Å². The van der Waals surface area contributed by atoms with E-state index >= 15 is 0 Å². The minimum Gasteiger partial charge on any atom is -0.322 e. The van der Waals surface area contributed by atoms with Crippen molar-refractivity contribution in [3.63, 3.8) is 0 Å². The molecular weight excluding hydrogens is 172 g/mol. The lowest BCUT2D eigenvalue weighted by Crippen LogP contribution is -2.28. The highest BCUT2D eigenvalue weighted by Crippen LogP contribution is 2.08. The van der Waals surface area contributed by atoms with E-state index in [9.17, 15) is 4.79 Å². The Kier molecular flexibility index (Phi) is 2.94. The zero-order valence-electron chi connectivity index (χ0n) is 7.20. The van der Waals surface area contributed by atoms with Crippen molar-refractivity contribution in [2.45, 2.75) is 26.3 Å². The second-order valence-electron chi connectivity index (χ2n) is 2.79. The Hall–Kier alpha value is -0.740. The van der Waals surface area contributed by atoms with Gasteiger partial charge < -0.3 is 5.73 Å². The predicted molar refractivity (Wildman–Crippen MR) is 49.2 cm³/mol.